The van der Waals surface area contributed by atoms with Crippen LogP contribution in [0.3, 0.4) is 0 Å². The number of rotatable bonds is 1. The van der Waals surface area contributed by atoms with Crippen molar-refractivity contribution >= 4 is 48.4 Å². The maximum Gasteiger partial charge on any atom is 0.142 e. The first-order valence-corrected chi connectivity index (χ1v) is 8.69. The van der Waals surface area contributed by atoms with Crippen LogP contribution in [-0.2, 0) is 0 Å². The van der Waals surface area contributed by atoms with Crippen LogP contribution in [0.5, 0.6) is 0 Å². The number of furan rings is 1. The van der Waals surface area contributed by atoms with Gasteiger partial charge in [0.05, 0.1) is 6.26 Å². The molecule has 1 aromatic heterocycles. The first-order chi connectivity index (χ1) is 11.8. The lowest BCUT2D eigenvalue weighted by Crippen LogP contribution is -1.82. The molecule has 0 fully saturated rings. The molecule has 0 aliphatic rings. The molecule has 0 amide bonds. The zero-order chi connectivity index (χ0) is 16.1. The second kappa shape index (κ2) is 5.22. The molecular weight excluding hydrogens is 360 g/mol. The average molecular weight is 373 g/mol. The van der Waals surface area contributed by atoms with E-state index in [2.05, 4.69) is 88.7 Å². The van der Waals surface area contributed by atoms with Crippen LogP contribution < -0.4 is 0 Å². The molecule has 0 radical (unpaired) electrons. The SMILES string of the molecule is Brc1ccc(-c2coc3c4ccccc4c4ccccc4c23)cc1. The fourth-order valence-electron chi connectivity index (χ4n) is 3.52. The Balaban J connectivity index is 2.00. The van der Waals surface area contributed by atoms with E-state index in [1.54, 1.807) is 0 Å². The highest BCUT2D eigenvalue weighted by molar-refractivity contribution is 9.10. The largest absolute Gasteiger partial charge is 0.463 e. The highest BCUT2D eigenvalue weighted by atomic mass is 79.9. The predicted octanol–water partition coefficient (Wildman–Crippen LogP) is 7.17. The molecule has 0 aliphatic heterocycles. The van der Waals surface area contributed by atoms with Gasteiger partial charge in [-0.3, -0.25) is 0 Å². The first-order valence-electron chi connectivity index (χ1n) is 7.89. The van der Waals surface area contributed by atoms with Crippen LogP contribution in [0.1, 0.15) is 0 Å². The molecule has 1 nitrogen and oxygen atoms in total. The van der Waals surface area contributed by atoms with E-state index in [4.69, 9.17) is 4.42 Å². The van der Waals surface area contributed by atoms with E-state index in [-0.39, 0.29) is 0 Å². The summed E-state index contributed by atoms with van der Waals surface area (Å²) in [5.41, 5.74) is 3.26. The van der Waals surface area contributed by atoms with Gasteiger partial charge in [0, 0.05) is 20.8 Å². The standard InChI is InChI=1S/C22H13BrO/c23-15-11-9-14(10-12-15)20-13-24-22-19-8-4-2-6-17(19)16-5-1-3-7-18(16)21(20)22/h1-13H. The molecule has 5 rings (SSSR count). The van der Waals surface area contributed by atoms with Gasteiger partial charge >= 0.3 is 0 Å². The van der Waals surface area contributed by atoms with Crippen molar-refractivity contribution in [2.45, 2.75) is 0 Å². The Morgan fingerprint density at radius 1 is 0.625 bits per heavy atom. The van der Waals surface area contributed by atoms with E-state index >= 15 is 0 Å². The van der Waals surface area contributed by atoms with Gasteiger partial charge in [-0.05, 0) is 33.9 Å². The van der Waals surface area contributed by atoms with Crippen LogP contribution in [-0.4, -0.2) is 0 Å². The molecule has 0 saturated carbocycles. The fourth-order valence-corrected chi connectivity index (χ4v) is 3.78. The van der Waals surface area contributed by atoms with E-state index < -0.39 is 0 Å². The topological polar surface area (TPSA) is 13.1 Å². The molecule has 24 heavy (non-hydrogen) atoms. The van der Waals surface area contributed by atoms with E-state index in [9.17, 15) is 0 Å². The van der Waals surface area contributed by atoms with Crippen molar-refractivity contribution in [1.29, 1.82) is 0 Å². The average Bonchev–Trinajstić information content (AvgIpc) is 3.08. The molecule has 0 spiro atoms. The van der Waals surface area contributed by atoms with Crippen LogP contribution in [0.25, 0.3) is 43.6 Å². The number of hydrogen-bond acceptors (Lipinski definition) is 1. The minimum atomic E-state index is 0.960. The van der Waals surface area contributed by atoms with Crippen molar-refractivity contribution in [3.63, 3.8) is 0 Å². The molecule has 0 N–H and O–H groups in total. The molecule has 1 heterocycles. The molecule has 5 aromatic rings. The summed E-state index contributed by atoms with van der Waals surface area (Å²) < 4.78 is 7.12. The third-order valence-electron chi connectivity index (χ3n) is 4.60. The minimum absolute atomic E-state index is 0.960. The number of fused-ring (bicyclic) bond motifs is 6. The van der Waals surface area contributed by atoms with Crippen molar-refractivity contribution in [3.05, 3.63) is 83.5 Å². The summed E-state index contributed by atoms with van der Waals surface area (Å²) in [6.45, 7) is 0. The summed E-state index contributed by atoms with van der Waals surface area (Å²) in [4.78, 5) is 0. The first kappa shape index (κ1) is 13.8. The van der Waals surface area contributed by atoms with Crippen molar-refractivity contribution in [1.82, 2.24) is 0 Å². The second-order valence-corrected chi connectivity index (χ2v) is 6.87. The molecule has 114 valence electrons. The minimum Gasteiger partial charge on any atom is -0.463 e. The summed E-state index contributed by atoms with van der Waals surface area (Å²) in [5, 5.41) is 6.08. The Morgan fingerprint density at radius 3 is 1.92 bits per heavy atom. The van der Waals surface area contributed by atoms with Gasteiger partial charge < -0.3 is 4.42 Å². The maximum absolute atomic E-state index is 6.04. The van der Waals surface area contributed by atoms with Gasteiger partial charge in [0.2, 0.25) is 0 Å². The van der Waals surface area contributed by atoms with Gasteiger partial charge in [-0.1, -0.05) is 76.6 Å². The van der Waals surface area contributed by atoms with Gasteiger partial charge in [-0.25, -0.2) is 0 Å². The van der Waals surface area contributed by atoms with E-state index in [1.807, 2.05) is 6.26 Å². The summed E-state index contributed by atoms with van der Waals surface area (Å²) >= 11 is 3.51. The molecular formula is C22H13BrO. The van der Waals surface area contributed by atoms with Crippen LogP contribution >= 0.6 is 15.9 Å². The van der Waals surface area contributed by atoms with Crippen LogP contribution in [0, 0.1) is 0 Å². The molecule has 0 saturated heterocycles. The lowest BCUT2D eigenvalue weighted by atomic mass is 9.95. The molecule has 2 heteroatoms. The fraction of sp³-hybridized carbons (Fsp3) is 0. The van der Waals surface area contributed by atoms with Crippen LogP contribution in [0.2, 0.25) is 0 Å². The maximum atomic E-state index is 6.04. The third-order valence-corrected chi connectivity index (χ3v) is 5.13. The van der Waals surface area contributed by atoms with E-state index in [0.29, 0.717) is 0 Å². The van der Waals surface area contributed by atoms with Gasteiger partial charge in [-0.15, -0.1) is 0 Å². The van der Waals surface area contributed by atoms with Crippen molar-refractivity contribution in [3.8, 4) is 11.1 Å². The molecule has 0 aliphatic carbocycles. The molecule has 4 aromatic carbocycles. The highest BCUT2D eigenvalue weighted by Gasteiger charge is 2.15. The summed E-state index contributed by atoms with van der Waals surface area (Å²) in [6, 6.07) is 25.4. The molecule has 0 bridgehead atoms. The Morgan fingerprint density at radius 2 is 1.21 bits per heavy atom. The summed E-state index contributed by atoms with van der Waals surface area (Å²) in [5.74, 6) is 0. The Labute approximate surface area is 147 Å². The number of halogens is 1. The van der Waals surface area contributed by atoms with E-state index in [0.717, 1.165) is 26.6 Å². The normalized spacial score (nSPS) is 11.5. The highest BCUT2D eigenvalue weighted by Crippen LogP contribution is 2.41. The van der Waals surface area contributed by atoms with Crippen LogP contribution in [0.4, 0.5) is 0 Å². The predicted molar refractivity (Wildman–Crippen MR) is 104 cm³/mol. The summed E-state index contributed by atoms with van der Waals surface area (Å²) in [6.07, 6.45) is 1.88. The van der Waals surface area contributed by atoms with Gasteiger partial charge in [0.1, 0.15) is 5.58 Å². The molecule has 0 atom stereocenters. The van der Waals surface area contributed by atoms with Gasteiger partial charge in [-0.2, -0.15) is 0 Å². The zero-order valence-corrected chi connectivity index (χ0v) is 14.4. The summed E-state index contributed by atoms with van der Waals surface area (Å²) in [7, 11) is 0. The van der Waals surface area contributed by atoms with E-state index in [1.165, 1.54) is 21.5 Å². The number of hydrogen-bond donors (Lipinski definition) is 0. The quantitative estimate of drug-likeness (QED) is 0.284. The second-order valence-electron chi connectivity index (χ2n) is 5.95. The lowest BCUT2D eigenvalue weighted by molar-refractivity contribution is 0.620. The molecule has 0 unspecified atom stereocenters. The number of benzene rings is 4. The Kier molecular flexibility index (Phi) is 3.00. The zero-order valence-electron chi connectivity index (χ0n) is 12.8. The third kappa shape index (κ3) is 1.93. The van der Waals surface area contributed by atoms with Gasteiger partial charge in [0.15, 0.2) is 0 Å². The van der Waals surface area contributed by atoms with Gasteiger partial charge in [0.25, 0.3) is 0 Å². The van der Waals surface area contributed by atoms with Crippen molar-refractivity contribution in [2.24, 2.45) is 0 Å². The van der Waals surface area contributed by atoms with Crippen molar-refractivity contribution < 1.29 is 4.42 Å². The Bertz CT molecular complexity index is 1200. The lowest BCUT2D eigenvalue weighted by Gasteiger charge is -2.07. The smallest absolute Gasteiger partial charge is 0.142 e. The Hall–Kier alpha value is -2.58. The van der Waals surface area contributed by atoms with Crippen LogP contribution in [0.15, 0.2) is 87.9 Å². The monoisotopic (exact) mass is 372 g/mol. The van der Waals surface area contributed by atoms with Crippen molar-refractivity contribution in [2.75, 3.05) is 0 Å².